The maximum Gasteiger partial charge on any atom is 0.175 e. The van der Waals surface area contributed by atoms with E-state index < -0.39 is 17.1 Å². The number of aryl methyl sites for hydroxylation is 2. The first-order chi connectivity index (χ1) is 18.6. The number of hydrogen-bond donors (Lipinski definition) is 2. The molecule has 3 fully saturated rings. The Kier molecular flexibility index (Phi) is 6.56. The van der Waals surface area contributed by atoms with Crippen LogP contribution in [-0.4, -0.2) is 48.2 Å². The number of aliphatic hydroxyl groups is 2. The number of ketones is 1. The van der Waals surface area contributed by atoms with E-state index in [2.05, 4.69) is 36.1 Å². The molecule has 0 saturated heterocycles. The Morgan fingerprint density at radius 2 is 2.13 bits per heavy atom. The second-order valence-corrected chi connectivity index (χ2v) is 13.7. The Bertz CT molecular complexity index is 1380. The Labute approximate surface area is 234 Å². The molecule has 0 radical (unpaired) electrons. The number of nitrogens with zero attached hydrogens (tertiary/aromatic N) is 4. The molecule has 0 bridgehead atoms. The Balaban J connectivity index is 1.25. The number of carbonyl (C=O) groups is 1. The second-order valence-electron chi connectivity index (χ2n) is 12.7. The van der Waals surface area contributed by atoms with E-state index in [9.17, 15) is 15.0 Å². The van der Waals surface area contributed by atoms with Gasteiger partial charge in [-0.2, -0.15) is 10.4 Å². The molecule has 2 N–H and O–H groups in total. The van der Waals surface area contributed by atoms with Crippen molar-refractivity contribution in [3.63, 3.8) is 0 Å². The smallest absolute Gasteiger partial charge is 0.175 e. The van der Waals surface area contributed by atoms with Gasteiger partial charge in [-0.1, -0.05) is 37.2 Å². The molecule has 206 valence electrons. The first kappa shape index (κ1) is 26.7. The summed E-state index contributed by atoms with van der Waals surface area (Å²) in [7, 11) is 0. The molecule has 2 aromatic heterocycles. The average Bonchev–Trinajstić information content (AvgIpc) is 3.41. The van der Waals surface area contributed by atoms with Gasteiger partial charge in [0, 0.05) is 11.1 Å². The zero-order valence-electron chi connectivity index (χ0n) is 23.1. The Morgan fingerprint density at radius 1 is 1.31 bits per heavy atom. The number of fused-ring (bicyclic) bond motifs is 6. The highest BCUT2D eigenvalue weighted by Gasteiger charge is 2.68. The number of aliphatic hydroxyl groups excluding tert-OH is 1. The minimum absolute atomic E-state index is 0.0782. The van der Waals surface area contributed by atoms with Crippen LogP contribution in [0.4, 0.5) is 0 Å². The second kappa shape index (κ2) is 9.57. The van der Waals surface area contributed by atoms with Crippen LogP contribution in [0, 0.1) is 46.8 Å². The molecule has 3 saturated carbocycles. The van der Waals surface area contributed by atoms with Crippen LogP contribution in [-0.2, 0) is 17.8 Å². The molecule has 39 heavy (non-hydrogen) atoms. The molecule has 2 aromatic rings. The third-order valence-corrected chi connectivity index (χ3v) is 11.7. The number of allylic oxidation sites excluding steroid dienone is 1. The van der Waals surface area contributed by atoms with Gasteiger partial charge in [-0.05, 0) is 92.4 Å². The third kappa shape index (κ3) is 4.03. The zero-order valence-corrected chi connectivity index (χ0v) is 23.9. The molecular formula is C31H38N4O3S. The van der Waals surface area contributed by atoms with Crippen LogP contribution in [0.3, 0.4) is 0 Å². The SMILES string of the molecule is Cc1cccc(SCC(=O)[C@@]2(O)CCC3C4CCC5=Cc6c(cnn6CCC#N)CC5(C)C4[C@@H](O)CC32C)n1. The van der Waals surface area contributed by atoms with E-state index in [-0.39, 0.29) is 34.7 Å². The number of rotatable bonds is 6. The predicted molar refractivity (Wildman–Crippen MR) is 150 cm³/mol. The maximum atomic E-state index is 13.6. The van der Waals surface area contributed by atoms with Gasteiger partial charge in [0.05, 0.1) is 47.8 Å². The van der Waals surface area contributed by atoms with Crippen LogP contribution in [0.5, 0.6) is 0 Å². The largest absolute Gasteiger partial charge is 0.393 e. The van der Waals surface area contributed by atoms with E-state index in [1.165, 1.54) is 22.9 Å². The summed E-state index contributed by atoms with van der Waals surface area (Å²) < 4.78 is 1.94. The first-order valence-electron chi connectivity index (χ1n) is 14.2. The van der Waals surface area contributed by atoms with Gasteiger partial charge in [-0.25, -0.2) is 4.98 Å². The summed E-state index contributed by atoms with van der Waals surface area (Å²) in [4.78, 5) is 18.1. The van der Waals surface area contributed by atoms with E-state index in [0.717, 1.165) is 42.1 Å². The molecule has 7 atom stereocenters. The monoisotopic (exact) mass is 546 g/mol. The third-order valence-electron chi connectivity index (χ3n) is 10.8. The number of pyridine rings is 1. The summed E-state index contributed by atoms with van der Waals surface area (Å²) in [5, 5.41) is 38.2. The lowest BCUT2D eigenvalue weighted by Gasteiger charge is -2.60. The van der Waals surface area contributed by atoms with E-state index >= 15 is 0 Å². The van der Waals surface area contributed by atoms with Gasteiger partial charge in [-0.15, -0.1) is 0 Å². The fourth-order valence-corrected chi connectivity index (χ4v) is 9.80. The van der Waals surface area contributed by atoms with Crippen molar-refractivity contribution in [2.24, 2.45) is 28.6 Å². The van der Waals surface area contributed by atoms with Gasteiger partial charge in [0.15, 0.2) is 5.78 Å². The highest BCUT2D eigenvalue weighted by molar-refractivity contribution is 7.99. The quantitative estimate of drug-likeness (QED) is 0.503. The van der Waals surface area contributed by atoms with Crippen LogP contribution in [0.1, 0.15) is 69.3 Å². The highest BCUT2D eigenvalue weighted by Crippen LogP contribution is 2.67. The first-order valence-corrected chi connectivity index (χ1v) is 15.2. The van der Waals surface area contributed by atoms with Crippen molar-refractivity contribution in [2.75, 3.05) is 5.75 Å². The summed E-state index contributed by atoms with van der Waals surface area (Å²) in [6.45, 7) is 6.88. The van der Waals surface area contributed by atoms with Crippen LogP contribution < -0.4 is 0 Å². The van der Waals surface area contributed by atoms with Crippen molar-refractivity contribution >= 4 is 23.6 Å². The van der Waals surface area contributed by atoms with Crippen molar-refractivity contribution in [3.8, 4) is 6.07 Å². The Hall–Kier alpha value is -2.47. The molecule has 8 heteroatoms. The van der Waals surface area contributed by atoms with Crippen molar-refractivity contribution in [3.05, 3.63) is 46.9 Å². The van der Waals surface area contributed by atoms with Gasteiger partial charge in [0.2, 0.25) is 0 Å². The number of hydrogen-bond acceptors (Lipinski definition) is 7. The molecule has 4 aliphatic rings. The van der Waals surface area contributed by atoms with Gasteiger partial charge in [0.25, 0.3) is 0 Å². The molecular weight excluding hydrogens is 508 g/mol. The molecule has 2 heterocycles. The van der Waals surface area contributed by atoms with Crippen molar-refractivity contribution in [1.82, 2.24) is 14.8 Å². The minimum Gasteiger partial charge on any atom is -0.393 e. The van der Waals surface area contributed by atoms with E-state index in [1.54, 1.807) is 0 Å². The summed E-state index contributed by atoms with van der Waals surface area (Å²) in [6, 6.07) is 7.98. The standard InChI is InChI=1S/C31H38N4O3S/c1-19-6-4-7-27(34-19)39-18-26(37)31(38)11-10-23-22-9-8-21-14-24-20(17-33-35(24)13-5-12-32)15-29(21,2)28(22)25(36)16-30(23,31)3/h4,6-7,14,17,22-23,25,28,36,38H,5,8-11,13,15-16,18H2,1-3H3/t22?,23?,25-,28?,29?,30?,31-/m0/s1. The van der Waals surface area contributed by atoms with Crippen LogP contribution in [0.15, 0.2) is 35.0 Å². The number of carbonyl (C=O) groups excluding carboxylic acids is 1. The van der Waals surface area contributed by atoms with E-state index in [0.29, 0.717) is 25.8 Å². The Morgan fingerprint density at radius 3 is 2.90 bits per heavy atom. The topological polar surface area (TPSA) is 112 Å². The maximum absolute atomic E-state index is 13.6. The summed E-state index contributed by atoms with van der Waals surface area (Å²) >= 11 is 1.39. The lowest BCUT2D eigenvalue weighted by Crippen LogP contribution is -2.62. The molecule has 4 aliphatic carbocycles. The normalized spacial score (nSPS) is 36.7. The lowest BCUT2D eigenvalue weighted by molar-refractivity contribution is -0.177. The van der Waals surface area contributed by atoms with Crippen molar-refractivity contribution < 1.29 is 15.0 Å². The summed E-state index contributed by atoms with van der Waals surface area (Å²) in [5.74, 6) is 0.572. The van der Waals surface area contributed by atoms with Gasteiger partial charge >= 0.3 is 0 Å². The fraction of sp³-hybridized carbons (Fsp3) is 0.613. The van der Waals surface area contributed by atoms with Gasteiger partial charge in [-0.3, -0.25) is 9.48 Å². The lowest BCUT2D eigenvalue weighted by atomic mass is 9.45. The molecule has 0 amide bonds. The highest BCUT2D eigenvalue weighted by atomic mass is 32.2. The van der Waals surface area contributed by atoms with Crippen molar-refractivity contribution in [1.29, 1.82) is 5.26 Å². The summed E-state index contributed by atoms with van der Waals surface area (Å²) in [6.07, 6.45) is 8.47. The number of aromatic nitrogens is 3. The van der Waals surface area contributed by atoms with Crippen LogP contribution >= 0.6 is 11.8 Å². The average molecular weight is 547 g/mol. The van der Waals surface area contributed by atoms with Gasteiger partial charge in [0.1, 0.15) is 5.60 Å². The molecule has 0 aliphatic heterocycles. The van der Waals surface area contributed by atoms with E-state index in [1.807, 2.05) is 36.0 Å². The van der Waals surface area contributed by atoms with E-state index in [4.69, 9.17) is 5.26 Å². The number of thioether (sulfide) groups is 1. The molecule has 0 spiro atoms. The number of Topliss-reactive ketones (excluding diaryl/α,β-unsaturated/α-hetero) is 1. The van der Waals surface area contributed by atoms with Gasteiger partial charge < -0.3 is 10.2 Å². The fourth-order valence-electron chi connectivity index (χ4n) is 8.89. The zero-order chi connectivity index (χ0) is 27.6. The van der Waals surface area contributed by atoms with Crippen LogP contribution in [0.2, 0.25) is 0 Å². The minimum atomic E-state index is -1.43. The van der Waals surface area contributed by atoms with Crippen LogP contribution in [0.25, 0.3) is 6.08 Å². The summed E-state index contributed by atoms with van der Waals surface area (Å²) in [5.41, 5.74) is 2.29. The predicted octanol–water partition coefficient (Wildman–Crippen LogP) is 4.75. The number of nitriles is 1. The molecule has 6 rings (SSSR count). The molecule has 7 nitrogen and oxygen atoms in total. The molecule has 5 unspecified atom stereocenters. The van der Waals surface area contributed by atoms with Crippen molar-refractivity contribution in [2.45, 2.75) is 89.0 Å². The molecule has 0 aromatic carbocycles.